The molecule has 0 unspecified atom stereocenters. The highest BCUT2D eigenvalue weighted by molar-refractivity contribution is 7.98. The molecule has 3 rings (SSSR count). The first kappa shape index (κ1) is 15.4. The van der Waals surface area contributed by atoms with E-state index >= 15 is 0 Å². The molecule has 0 N–H and O–H groups in total. The average molecular weight is 348 g/mol. The fourth-order valence-electron chi connectivity index (χ4n) is 1.95. The molecule has 0 aliphatic carbocycles. The normalized spacial score (nSPS) is 10.6. The van der Waals surface area contributed by atoms with Gasteiger partial charge in [-0.2, -0.15) is 0 Å². The first-order chi connectivity index (χ1) is 10.7. The second-order valence-electron chi connectivity index (χ2n) is 4.62. The molecular formula is C17H14ClNOS2. The van der Waals surface area contributed by atoms with E-state index in [9.17, 15) is 0 Å². The number of aromatic nitrogens is 1. The summed E-state index contributed by atoms with van der Waals surface area (Å²) in [5, 5.41) is 3.88. The molecule has 0 saturated carbocycles. The minimum Gasteiger partial charge on any atom is -0.497 e. The van der Waals surface area contributed by atoms with Crippen LogP contribution >= 0.6 is 34.7 Å². The molecule has 22 heavy (non-hydrogen) atoms. The maximum absolute atomic E-state index is 5.92. The molecule has 0 atom stereocenters. The Morgan fingerprint density at radius 2 is 2.00 bits per heavy atom. The van der Waals surface area contributed by atoms with Gasteiger partial charge in [0.05, 0.1) is 12.8 Å². The second-order valence-corrected chi connectivity index (χ2v) is 6.96. The number of thiazole rings is 1. The summed E-state index contributed by atoms with van der Waals surface area (Å²) >= 11 is 9.33. The SMILES string of the molecule is COc1cccc(SCc2csc(-c3ccc(Cl)cc3)n2)c1. The number of hydrogen-bond donors (Lipinski definition) is 0. The Hall–Kier alpha value is -1.49. The summed E-state index contributed by atoms with van der Waals surface area (Å²) in [4.78, 5) is 5.87. The number of thioether (sulfide) groups is 1. The molecule has 0 aliphatic heterocycles. The molecule has 0 bridgehead atoms. The van der Waals surface area contributed by atoms with Gasteiger partial charge in [0, 0.05) is 26.6 Å². The van der Waals surface area contributed by atoms with Crippen LogP contribution in [0.15, 0.2) is 58.8 Å². The van der Waals surface area contributed by atoms with Crippen LogP contribution < -0.4 is 4.74 Å². The molecule has 1 heterocycles. The van der Waals surface area contributed by atoms with Crippen LogP contribution in [0.4, 0.5) is 0 Å². The van der Waals surface area contributed by atoms with E-state index in [0.717, 1.165) is 32.8 Å². The zero-order valence-electron chi connectivity index (χ0n) is 12.0. The lowest BCUT2D eigenvalue weighted by molar-refractivity contribution is 0.413. The van der Waals surface area contributed by atoms with Crippen LogP contribution in [0.25, 0.3) is 10.6 Å². The first-order valence-electron chi connectivity index (χ1n) is 6.72. The third kappa shape index (κ3) is 3.83. The van der Waals surface area contributed by atoms with Crippen molar-refractivity contribution >= 4 is 34.7 Å². The van der Waals surface area contributed by atoms with Crippen LogP contribution in [0.3, 0.4) is 0 Å². The van der Waals surface area contributed by atoms with Crippen LogP contribution in [0.2, 0.25) is 5.02 Å². The van der Waals surface area contributed by atoms with E-state index in [2.05, 4.69) is 11.4 Å². The van der Waals surface area contributed by atoms with Crippen molar-refractivity contribution in [2.75, 3.05) is 7.11 Å². The van der Waals surface area contributed by atoms with Crippen LogP contribution in [-0.4, -0.2) is 12.1 Å². The second kappa shape index (κ2) is 7.18. The van der Waals surface area contributed by atoms with E-state index in [-0.39, 0.29) is 0 Å². The predicted molar refractivity (Wildman–Crippen MR) is 95.1 cm³/mol. The summed E-state index contributed by atoms with van der Waals surface area (Å²) in [6.07, 6.45) is 0. The van der Waals surface area contributed by atoms with Crippen LogP contribution in [0, 0.1) is 0 Å². The molecule has 0 radical (unpaired) electrons. The molecule has 0 spiro atoms. The van der Waals surface area contributed by atoms with Crippen LogP contribution in [0.1, 0.15) is 5.69 Å². The molecule has 112 valence electrons. The molecule has 2 aromatic carbocycles. The molecule has 0 aliphatic rings. The summed E-state index contributed by atoms with van der Waals surface area (Å²) in [7, 11) is 1.68. The van der Waals surface area contributed by atoms with Gasteiger partial charge in [-0.25, -0.2) is 4.98 Å². The molecular weight excluding hydrogens is 334 g/mol. The van der Waals surface area contributed by atoms with Gasteiger partial charge in [0.2, 0.25) is 0 Å². The van der Waals surface area contributed by atoms with E-state index in [1.54, 1.807) is 30.2 Å². The van der Waals surface area contributed by atoms with Crippen LogP contribution in [0.5, 0.6) is 5.75 Å². The van der Waals surface area contributed by atoms with Gasteiger partial charge in [0.15, 0.2) is 0 Å². The Balaban J connectivity index is 1.67. The Morgan fingerprint density at radius 1 is 1.18 bits per heavy atom. The summed E-state index contributed by atoms with van der Waals surface area (Å²) in [5.74, 6) is 1.72. The van der Waals surface area contributed by atoms with Crippen molar-refractivity contribution in [3.8, 4) is 16.3 Å². The molecule has 0 amide bonds. The minimum absolute atomic E-state index is 0.745. The quantitative estimate of drug-likeness (QED) is 0.547. The Kier molecular flexibility index (Phi) is 5.03. The highest BCUT2D eigenvalue weighted by Crippen LogP contribution is 2.29. The van der Waals surface area contributed by atoms with Crippen molar-refractivity contribution in [2.24, 2.45) is 0 Å². The summed E-state index contributed by atoms with van der Waals surface area (Å²) < 4.78 is 5.24. The van der Waals surface area contributed by atoms with Gasteiger partial charge < -0.3 is 4.74 Å². The monoisotopic (exact) mass is 347 g/mol. The fourth-order valence-corrected chi connectivity index (χ4v) is 3.84. The van der Waals surface area contributed by atoms with Gasteiger partial charge in [-0.05, 0) is 30.3 Å². The molecule has 3 aromatic rings. The van der Waals surface area contributed by atoms with Crippen molar-refractivity contribution < 1.29 is 4.74 Å². The fraction of sp³-hybridized carbons (Fsp3) is 0.118. The van der Waals surface area contributed by atoms with Gasteiger partial charge in [-0.1, -0.05) is 29.8 Å². The predicted octanol–water partition coefficient (Wildman–Crippen LogP) is 5.76. The number of hydrogen-bond acceptors (Lipinski definition) is 4. The highest BCUT2D eigenvalue weighted by Gasteiger charge is 2.06. The zero-order chi connectivity index (χ0) is 15.4. The lowest BCUT2D eigenvalue weighted by atomic mass is 10.2. The molecule has 1 aromatic heterocycles. The Labute approximate surface area is 143 Å². The van der Waals surface area contributed by atoms with Gasteiger partial charge in [-0.3, -0.25) is 0 Å². The third-order valence-corrected chi connectivity index (χ3v) is 5.29. The maximum atomic E-state index is 5.92. The summed E-state index contributed by atoms with van der Waals surface area (Å²) in [6, 6.07) is 15.9. The van der Waals surface area contributed by atoms with E-state index in [1.807, 2.05) is 42.5 Å². The van der Waals surface area contributed by atoms with Gasteiger partial charge in [0.1, 0.15) is 10.8 Å². The number of ether oxygens (including phenoxy) is 1. The summed E-state index contributed by atoms with van der Waals surface area (Å²) in [5.41, 5.74) is 2.19. The average Bonchev–Trinajstić information content (AvgIpc) is 3.03. The van der Waals surface area contributed by atoms with Crippen molar-refractivity contribution in [1.82, 2.24) is 4.98 Å². The lowest BCUT2D eigenvalue weighted by Gasteiger charge is -2.03. The van der Waals surface area contributed by atoms with Crippen molar-refractivity contribution in [2.45, 2.75) is 10.6 Å². The zero-order valence-corrected chi connectivity index (χ0v) is 14.3. The van der Waals surface area contributed by atoms with Crippen molar-refractivity contribution in [3.05, 3.63) is 64.6 Å². The van der Waals surface area contributed by atoms with E-state index in [0.29, 0.717) is 0 Å². The molecule has 0 saturated heterocycles. The lowest BCUT2D eigenvalue weighted by Crippen LogP contribution is -1.84. The third-order valence-electron chi connectivity index (χ3n) is 3.07. The van der Waals surface area contributed by atoms with Gasteiger partial charge >= 0.3 is 0 Å². The molecule has 0 fully saturated rings. The first-order valence-corrected chi connectivity index (χ1v) is 8.96. The maximum Gasteiger partial charge on any atom is 0.123 e. The van der Waals surface area contributed by atoms with E-state index in [4.69, 9.17) is 21.3 Å². The van der Waals surface area contributed by atoms with E-state index < -0.39 is 0 Å². The van der Waals surface area contributed by atoms with Crippen LogP contribution in [-0.2, 0) is 5.75 Å². The van der Waals surface area contributed by atoms with Gasteiger partial charge in [0.25, 0.3) is 0 Å². The number of benzene rings is 2. The van der Waals surface area contributed by atoms with Gasteiger partial charge in [-0.15, -0.1) is 23.1 Å². The summed E-state index contributed by atoms with van der Waals surface area (Å²) in [6.45, 7) is 0. The molecule has 5 heteroatoms. The Morgan fingerprint density at radius 3 is 2.77 bits per heavy atom. The molecule has 2 nitrogen and oxygen atoms in total. The standard InChI is InChI=1S/C17H14ClNOS2/c1-20-15-3-2-4-16(9-15)21-10-14-11-22-17(19-14)12-5-7-13(18)8-6-12/h2-9,11H,10H2,1H3. The highest BCUT2D eigenvalue weighted by atomic mass is 35.5. The smallest absolute Gasteiger partial charge is 0.123 e. The Bertz CT molecular complexity index is 755. The number of halogens is 1. The number of rotatable bonds is 5. The topological polar surface area (TPSA) is 22.1 Å². The van der Waals surface area contributed by atoms with Crippen molar-refractivity contribution in [1.29, 1.82) is 0 Å². The minimum atomic E-state index is 0.745. The van der Waals surface area contributed by atoms with Crippen molar-refractivity contribution in [3.63, 3.8) is 0 Å². The number of methoxy groups -OCH3 is 1. The number of nitrogens with zero attached hydrogens (tertiary/aromatic N) is 1. The van der Waals surface area contributed by atoms with E-state index in [1.165, 1.54) is 4.90 Å². The largest absolute Gasteiger partial charge is 0.497 e.